The van der Waals surface area contributed by atoms with Crippen LogP contribution in [0.15, 0.2) is 56.2 Å². The number of carbonyl (C=O) groups excluding carboxylic acids is 1. The molecular formula is C22H18FI2NO3. The Morgan fingerprint density at radius 2 is 1.93 bits per heavy atom. The molecule has 1 aliphatic rings. The normalized spacial score (nSPS) is 20.1. The predicted octanol–water partition coefficient (Wildman–Crippen LogP) is 6.71. The molecule has 0 heterocycles. The quantitative estimate of drug-likeness (QED) is 0.267. The first-order chi connectivity index (χ1) is 13.7. The molecule has 0 aliphatic heterocycles. The van der Waals surface area contributed by atoms with E-state index < -0.39 is 17.9 Å². The van der Waals surface area contributed by atoms with Gasteiger partial charge in [0, 0.05) is 7.15 Å². The Balaban J connectivity index is 1.77. The van der Waals surface area contributed by atoms with Crippen LogP contribution in [0.1, 0.15) is 25.5 Å². The van der Waals surface area contributed by atoms with Crippen molar-refractivity contribution >= 4 is 51.2 Å². The second-order valence-corrected chi connectivity index (χ2v) is 11.7. The number of halogens is 3. The van der Waals surface area contributed by atoms with Crippen molar-refractivity contribution in [2.45, 2.75) is 20.0 Å². The van der Waals surface area contributed by atoms with Crippen LogP contribution in [0.4, 0.5) is 4.39 Å². The largest absolute Gasteiger partial charge is 0.454 e. The van der Waals surface area contributed by atoms with Gasteiger partial charge in [0.05, 0.1) is 5.92 Å². The summed E-state index contributed by atoms with van der Waals surface area (Å²) in [6, 6.07) is 14.8. The number of hydrogen-bond donors (Lipinski definition) is 0. The number of para-hydroxylation sites is 1. The number of hydrogen-bond acceptors (Lipinski definition) is 4. The molecule has 2 aromatic carbocycles. The van der Waals surface area contributed by atoms with Crippen molar-refractivity contribution in [3.63, 3.8) is 0 Å². The molecule has 7 heteroatoms. The third-order valence-electron chi connectivity index (χ3n) is 5.05. The number of nitrogens with zero attached hydrogens (tertiary/aromatic N) is 1. The van der Waals surface area contributed by atoms with Gasteiger partial charge in [-0.1, -0.05) is 44.2 Å². The summed E-state index contributed by atoms with van der Waals surface area (Å²) in [7, 11) is 0. The molecule has 0 N–H and O–H groups in total. The second-order valence-electron chi connectivity index (χ2n) is 7.33. The Kier molecular flexibility index (Phi) is 6.83. The molecule has 1 aliphatic carbocycles. The summed E-state index contributed by atoms with van der Waals surface area (Å²) in [6.45, 7) is 4.00. The van der Waals surface area contributed by atoms with Crippen molar-refractivity contribution in [2.24, 2.45) is 17.3 Å². The van der Waals surface area contributed by atoms with Gasteiger partial charge in [0.15, 0.2) is 11.6 Å². The number of nitriles is 1. The average molecular weight is 617 g/mol. The van der Waals surface area contributed by atoms with Crippen LogP contribution >= 0.6 is 45.2 Å². The summed E-state index contributed by atoms with van der Waals surface area (Å²) in [5.41, 5.74) is 0.144. The lowest BCUT2D eigenvalue weighted by molar-refractivity contribution is -0.149. The SMILES string of the molecule is CC1(C)[C@H](C(=O)OC(C#N)c2ccc(F)c(Oc3ccccc3)c2)[C@@H]1C=C(I)I. The van der Waals surface area contributed by atoms with Gasteiger partial charge in [0.2, 0.25) is 6.10 Å². The van der Waals surface area contributed by atoms with Crippen molar-refractivity contribution < 1.29 is 18.7 Å². The third kappa shape index (κ3) is 5.09. The zero-order valence-corrected chi connectivity index (χ0v) is 20.0. The van der Waals surface area contributed by atoms with E-state index in [1.54, 1.807) is 24.3 Å². The van der Waals surface area contributed by atoms with Crippen molar-refractivity contribution in [1.82, 2.24) is 0 Å². The van der Waals surface area contributed by atoms with Crippen molar-refractivity contribution in [1.29, 1.82) is 5.26 Å². The molecule has 0 aromatic heterocycles. The molecule has 0 radical (unpaired) electrons. The molecular weight excluding hydrogens is 599 g/mol. The van der Waals surface area contributed by atoms with Gasteiger partial charge in [0.25, 0.3) is 0 Å². The Hall–Kier alpha value is -1.67. The molecule has 2 aromatic rings. The highest BCUT2D eigenvalue weighted by atomic mass is 127. The predicted molar refractivity (Wildman–Crippen MR) is 124 cm³/mol. The Morgan fingerprint density at radius 3 is 2.55 bits per heavy atom. The van der Waals surface area contributed by atoms with Crippen LogP contribution in [0.25, 0.3) is 0 Å². The van der Waals surface area contributed by atoms with Gasteiger partial charge in [-0.15, -0.1) is 0 Å². The van der Waals surface area contributed by atoms with Crippen LogP contribution in [0.2, 0.25) is 0 Å². The molecule has 1 saturated carbocycles. The molecule has 3 atom stereocenters. The number of benzene rings is 2. The summed E-state index contributed by atoms with van der Waals surface area (Å²) < 4.78 is 26.3. The van der Waals surface area contributed by atoms with Crippen LogP contribution in [0.5, 0.6) is 11.5 Å². The zero-order chi connectivity index (χ0) is 21.2. The molecule has 0 amide bonds. The number of esters is 1. The Morgan fingerprint density at radius 1 is 1.24 bits per heavy atom. The first-order valence-corrected chi connectivity index (χ1v) is 11.0. The summed E-state index contributed by atoms with van der Waals surface area (Å²) in [5.74, 6) is -0.784. The standard InChI is InChI=1S/C22H18FI2NO3/c1-22(2)15(11-19(24)25)20(22)21(27)29-18(12-26)13-8-9-16(23)17(10-13)28-14-6-4-3-5-7-14/h3-11,15,18,20H,1-2H3/t15-,18?,20-/m0/s1. The summed E-state index contributed by atoms with van der Waals surface area (Å²) in [5, 5.41) is 9.55. The second kappa shape index (κ2) is 9.00. The van der Waals surface area contributed by atoms with E-state index in [-0.39, 0.29) is 23.0 Å². The fourth-order valence-electron chi connectivity index (χ4n) is 3.31. The molecule has 4 nitrogen and oxygen atoms in total. The molecule has 0 saturated heterocycles. The summed E-state index contributed by atoms with van der Waals surface area (Å²) in [4.78, 5) is 12.7. The fourth-order valence-corrected chi connectivity index (χ4v) is 4.08. The molecule has 3 rings (SSSR count). The van der Waals surface area contributed by atoms with Gasteiger partial charge in [-0.05, 0) is 80.8 Å². The minimum Gasteiger partial charge on any atom is -0.454 e. The highest BCUT2D eigenvalue weighted by Crippen LogP contribution is 2.60. The van der Waals surface area contributed by atoms with E-state index in [0.717, 1.165) is 1.59 Å². The molecule has 29 heavy (non-hydrogen) atoms. The fraction of sp³-hybridized carbons (Fsp3) is 0.273. The molecule has 1 unspecified atom stereocenters. The zero-order valence-electron chi connectivity index (χ0n) is 15.7. The third-order valence-corrected chi connectivity index (χ3v) is 5.77. The highest BCUT2D eigenvalue weighted by Gasteiger charge is 2.61. The number of allylic oxidation sites excluding steroid dienone is 1. The number of rotatable bonds is 6. The molecule has 150 valence electrons. The lowest BCUT2D eigenvalue weighted by Crippen LogP contribution is -2.14. The minimum atomic E-state index is -1.14. The van der Waals surface area contributed by atoms with Crippen LogP contribution in [-0.2, 0) is 9.53 Å². The Labute approximate surface area is 196 Å². The summed E-state index contributed by atoms with van der Waals surface area (Å²) in [6.07, 6.45) is 0.902. The van der Waals surface area contributed by atoms with Gasteiger partial charge in [-0.25, -0.2) is 4.39 Å². The maximum atomic E-state index is 14.2. The van der Waals surface area contributed by atoms with Gasteiger partial charge in [-0.3, -0.25) is 4.79 Å². The molecule has 0 bridgehead atoms. The smallest absolute Gasteiger partial charge is 0.311 e. The van der Waals surface area contributed by atoms with Crippen LogP contribution in [0.3, 0.4) is 0 Å². The van der Waals surface area contributed by atoms with E-state index >= 15 is 0 Å². The van der Waals surface area contributed by atoms with Crippen LogP contribution < -0.4 is 4.74 Å². The first-order valence-electron chi connectivity index (χ1n) is 8.89. The number of ether oxygens (including phenoxy) is 2. The van der Waals surface area contributed by atoms with Gasteiger partial charge >= 0.3 is 5.97 Å². The lowest BCUT2D eigenvalue weighted by Gasteiger charge is -2.14. The topological polar surface area (TPSA) is 59.3 Å². The van der Waals surface area contributed by atoms with Gasteiger partial charge in [-0.2, -0.15) is 5.26 Å². The van der Waals surface area contributed by atoms with Crippen LogP contribution in [0, 0.1) is 34.4 Å². The van der Waals surface area contributed by atoms with E-state index in [9.17, 15) is 14.4 Å². The summed E-state index contributed by atoms with van der Waals surface area (Å²) >= 11 is 4.40. The lowest BCUT2D eigenvalue weighted by atomic mass is 10.1. The monoisotopic (exact) mass is 617 g/mol. The van der Waals surface area contributed by atoms with Crippen molar-refractivity contribution in [3.05, 3.63) is 67.6 Å². The Bertz CT molecular complexity index is 981. The van der Waals surface area contributed by atoms with E-state index in [2.05, 4.69) is 45.2 Å². The van der Waals surface area contributed by atoms with Gasteiger partial charge in [0.1, 0.15) is 11.8 Å². The minimum absolute atomic E-state index is 0.0305. The maximum Gasteiger partial charge on any atom is 0.311 e. The van der Waals surface area contributed by atoms with E-state index in [0.29, 0.717) is 11.3 Å². The number of carbonyl (C=O) groups is 1. The van der Waals surface area contributed by atoms with Crippen LogP contribution in [-0.4, -0.2) is 5.97 Å². The first kappa shape index (κ1) is 22.0. The van der Waals surface area contributed by atoms with E-state index in [1.165, 1.54) is 18.2 Å². The molecule has 0 spiro atoms. The maximum absolute atomic E-state index is 14.2. The van der Waals surface area contributed by atoms with Crippen molar-refractivity contribution in [2.75, 3.05) is 0 Å². The van der Waals surface area contributed by atoms with E-state index in [4.69, 9.17) is 9.47 Å². The average Bonchev–Trinajstić information content (AvgIpc) is 3.21. The van der Waals surface area contributed by atoms with Crippen molar-refractivity contribution in [3.8, 4) is 17.6 Å². The van der Waals surface area contributed by atoms with E-state index in [1.807, 2.05) is 32.1 Å². The van der Waals surface area contributed by atoms with Gasteiger partial charge < -0.3 is 9.47 Å². The molecule has 1 fully saturated rings. The highest BCUT2D eigenvalue weighted by molar-refractivity contribution is 14.2.